The Kier molecular flexibility index (Phi) is 8.48. The van der Waals surface area contributed by atoms with Gasteiger partial charge in [-0.2, -0.15) is 11.8 Å². The number of pyridine rings is 2. The SMILES string of the molecule is Cc1ccc(Sc2ncccc2C(=O)NC2CCC(n3c(=O)c4cc(F)cnc4n(C4CCSCC4)c3=O)CC2)cc1. The first-order chi connectivity index (χ1) is 20.4. The molecule has 8 nitrogen and oxygen atoms in total. The molecule has 1 N–H and O–H groups in total. The van der Waals surface area contributed by atoms with Crippen LogP contribution in [0.1, 0.15) is 66.5 Å². The van der Waals surface area contributed by atoms with Crippen LogP contribution in [0.4, 0.5) is 4.39 Å². The number of aryl methyl sites for hydroxylation is 1. The summed E-state index contributed by atoms with van der Waals surface area (Å²) in [6.07, 6.45) is 6.67. The molecule has 42 heavy (non-hydrogen) atoms. The lowest BCUT2D eigenvalue weighted by Gasteiger charge is -2.31. The average molecular weight is 606 g/mol. The minimum absolute atomic E-state index is 0.0758. The first-order valence-electron chi connectivity index (χ1n) is 14.3. The Morgan fingerprint density at radius 2 is 1.69 bits per heavy atom. The Hall–Kier alpha value is -3.44. The second-order valence-electron chi connectivity index (χ2n) is 10.9. The molecule has 0 radical (unpaired) electrons. The monoisotopic (exact) mass is 605 g/mol. The highest BCUT2D eigenvalue weighted by molar-refractivity contribution is 7.99. The second-order valence-corrected chi connectivity index (χ2v) is 13.2. The fraction of sp³-hybridized carbons (Fsp3) is 0.387. The smallest absolute Gasteiger partial charge is 0.333 e. The van der Waals surface area contributed by atoms with Crippen molar-refractivity contribution < 1.29 is 9.18 Å². The predicted molar refractivity (Wildman–Crippen MR) is 164 cm³/mol. The average Bonchev–Trinajstić information content (AvgIpc) is 3.00. The lowest BCUT2D eigenvalue weighted by atomic mass is 9.90. The van der Waals surface area contributed by atoms with Crippen LogP contribution in [0.2, 0.25) is 0 Å². The number of hydrogen-bond acceptors (Lipinski definition) is 7. The third kappa shape index (κ3) is 5.89. The highest BCUT2D eigenvalue weighted by atomic mass is 32.2. The summed E-state index contributed by atoms with van der Waals surface area (Å²) in [6.45, 7) is 2.03. The van der Waals surface area contributed by atoms with E-state index in [-0.39, 0.29) is 40.8 Å². The van der Waals surface area contributed by atoms with Crippen LogP contribution in [0.15, 0.2) is 74.4 Å². The number of aromatic nitrogens is 4. The number of nitrogens with zero attached hydrogens (tertiary/aromatic N) is 4. The van der Waals surface area contributed by atoms with Gasteiger partial charge in [0.25, 0.3) is 11.5 Å². The minimum Gasteiger partial charge on any atom is -0.349 e. The quantitative estimate of drug-likeness (QED) is 0.308. The largest absolute Gasteiger partial charge is 0.349 e. The molecule has 3 aromatic heterocycles. The molecule has 1 aliphatic carbocycles. The number of benzene rings is 1. The number of amides is 1. The summed E-state index contributed by atoms with van der Waals surface area (Å²) >= 11 is 3.29. The van der Waals surface area contributed by atoms with Crippen LogP contribution in [-0.2, 0) is 0 Å². The molecule has 4 aromatic rings. The van der Waals surface area contributed by atoms with Crippen LogP contribution in [0.25, 0.3) is 11.0 Å². The Labute approximate surface area is 251 Å². The van der Waals surface area contributed by atoms with E-state index in [0.717, 1.165) is 41.0 Å². The highest BCUT2D eigenvalue weighted by Gasteiger charge is 2.30. The predicted octanol–water partition coefficient (Wildman–Crippen LogP) is 5.53. The van der Waals surface area contributed by atoms with Gasteiger partial charge in [-0.05, 0) is 87.3 Å². The van der Waals surface area contributed by atoms with Crippen molar-refractivity contribution in [1.29, 1.82) is 0 Å². The third-order valence-corrected chi connectivity index (χ3v) is 10.2. The minimum atomic E-state index is -0.600. The lowest BCUT2D eigenvalue weighted by molar-refractivity contribution is 0.0918. The first kappa shape index (κ1) is 28.7. The van der Waals surface area contributed by atoms with Gasteiger partial charge < -0.3 is 5.32 Å². The van der Waals surface area contributed by atoms with Crippen molar-refractivity contribution in [1.82, 2.24) is 24.4 Å². The lowest BCUT2D eigenvalue weighted by Crippen LogP contribution is -2.46. The van der Waals surface area contributed by atoms with E-state index in [0.29, 0.717) is 36.3 Å². The van der Waals surface area contributed by atoms with Gasteiger partial charge in [-0.1, -0.05) is 29.5 Å². The van der Waals surface area contributed by atoms with Crippen molar-refractivity contribution in [2.45, 2.75) is 73.5 Å². The maximum Gasteiger partial charge on any atom is 0.333 e. The molecule has 0 bridgehead atoms. The van der Waals surface area contributed by atoms with Crippen molar-refractivity contribution in [3.8, 4) is 0 Å². The number of fused-ring (bicyclic) bond motifs is 1. The van der Waals surface area contributed by atoms with Crippen LogP contribution in [0, 0.1) is 12.7 Å². The fourth-order valence-electron chi connectivity index (χ4n) is 5.90. The molecular formula is C31H32FN5O3S2. The third-order valence-electron chi connectivity index (χ3n) is 8.13. The Morgan fingerprint density at radius 1 is 0.976 bits per heavy atom. The number of rotatable bonds is 6. The standard InChI is InChI=1S/C31H32FN5O3S2/c1-19-4-10-24(11-5-19)42-29-25(3-2-14-33-29)28(38)35-21-6-8-22(9-7-21)37-30(39)26-17-20(32)18-34-27(26)36(31(37)40)23-12-15-41-16-13-23/h2-5,10-11,14,17-18,21-23H,6-9,12-13,15-16H2,1H3,(H,35,38). The molecule has 11 heteroatoms. The zero-order chi connectivity index (χ0) is 29.2. The van der Waals surface area contributed by atoms with E-state index in [1.165, 1.54) is 22.4 Å². The number of thioether (sulfide) groups is 1. The van der Waals surface area contributed by atoms with Crippen LogP contribution < -0.4 is 16.6 Å². The van der Waals surface area contributed by atoms with Gasteiger partial charge in [0.1, 0.15) is 16.5 Å². The summed E-state index contributed by atoms with van der Waals surface area (Å²) < 4.78 is 17.1. The molecule has 1 aromatic carbocycles. The number of hydrogen-bond donors (Lipinski definition) is 1. The Balaban J connectivity index is 1.20. The van der Waals surface area contributed by atoms with Gasteiger partial charge in [0.2, 0.25) is 0 Å². The second kappa shape index (κ2) is 12.4. The molecule has 4 heterocycles. The molecule has 0 spiro atoms. The molecule has 0 atom stereocenters. The van der Waals surface area contributed by atoms with E-state index in [2.05, 4.69) is 15.3 Å². The Morgan fingerprint density at radius 3 is 2.43 bits per heavy atom. The van der Waals surface area contributed by atoms with Gasteiger partial charge in [0, 0.05) is 29.2 Å². The summed E-state index contributed by atoms with van der Waals surface area (Å²) in [4.78, 5) is 50.4. The van der Waals surface area contributed by atoms with Gasteiger partial charge in [-0.15, -0.1) is 0 Å². The molecule has 0 unspecified atom stereocenters. The van der Waals surface area contributed by atoms with Gasteiger partial charge >= 0.3 is 5.69 Å². The van der Waals surface area contributed by atoms with E-state index in [1.54, 1.807) is 22.9 Å². The molecule has 1 saturated carbocycles. The molecular weight excluding hydrogens is 574 g/mol. The molecule has 1 saturated heterocycles. The zero-order valence-corrected chi connectivity index (χ0v) is 24.9. The molecule has 1 amide bonds. The summed E-state index contributed by atoms with van der Waals surface area (Å²) in [7, 11) is 0. The van der Waals surface area contributed by atoms with E-state index in [1.807, 2.05) is 43.0 Å². The maximum atomic E-state index is 14.2. The maximum absolute atomic E-state index is 14.2. The van der Waals surface area contributed by atoms with Crippen LogP contribution >= 0.6 is 23.5 Å². The normalized spacial score (nSPS) is 19.6. The summed E-state index contributed by atoms with van der Waals surface area (Å²) in [6, 6.07) is 12.3. The molecule has 6 rings (SSSR count). The van der Waals surface area contributed by atoms with E-state index < -0.39 is 11.4 Å². The van der Waals surface area contributed by atoms with Gasteiger partial charge in [-0.25, -0.2) is 19.2 Å². The van der Waals surface area contributed by atoms with E-state index in [9.17, 15) is 18.8 Å². The fourth-order valence-corrected chi connectivity index (χ4v) is 7.86. The van der Waals surface area contributed by atoms with Gasteiger partial charge in [0.05, 0.1) is 17.1 Å². The van der Waals surface area contributed by atoms with Crippen molar-refractivity contribution in [2.24, 2.45) is 0 Å². The zero-order valence-electron chi connectivity index (χ0n) is 23.3. The van der Waals surface area contributed by atoms with E-state index in [4.69, 9.17) is 0 Å². The Bertz CT molecular complexity index is 1730. The number of carbonyl (C=O) groups excluding carboxylic acids is 1. The van der Waals surface area contributed by atoms with Crippen molar-refractivity contribution >= 4 is 40.5 Å². The first-order valence-corrected chi connectivity index (χ1v) is 16.3. The van der Waals surface area contributed by atoms with Crippen molar-refractivity contribution in [2.75, 3.05) is 11.5 Å². The molecule has 2 fully saturated rings. The molecule has 218 valence electrons. The van der Waals surface area contributed by atoms with Crippen molar-refractivity contribution in [3.05, 3.63) is 92.6 Å². The number of halogens is 1. The van der Waals surface area contributed by atoms with Crippen LogP contribution in [0.5, 0.6) is 0 Å². The summed E-state index contributed by atoms with van der Waals surface area (Å²) in [5.74, 6) is 1.05. The van der Waals surface area contributed by atoms with Crippen molar-refractivity contribution in [3.63, 3.8) is 0 Å². The molecule has 1 aliphatic heterocycles. The van der Waals surface area contributed by atoms with Crippen LogP contribution in [0.3, 0.4) is 0 Å². The van der Waals surface area contributed by atoms with Gasteiger partial charge in [-0.3, -0.25) is 18.7 Å². The number of nitrogens with one attached hydrogen (secondary N) is 1. The highest BCUT2D eigenvalue weighted by Crippen LogP contribution is 2.32. The molecule has 2 aliphatic rings. The summed E-state index contributed by atoms with van der Waals surface area (Å²) in [5.41, 5.74) is 1.07. The van der Waals surface area contributed by atoms with Crippen LogP contribution in [-0.4, -0.2) is 42.6 Å². The van der Waals surface area contributed by atoms with Gasteiger partial charge in [0.15, 0.2) is 0 Å². The number of carbonyl (C=O) groups is 1. The topological polar surface area (TPSA) is 98.9 Å². The summed E-state index contributed by atoms with van der Waals surface area (Å²) in [5, 5.41) is 3.92. The van der Waals surface area contributed by atoms with E-state index >= 15 is 0 Å².